The van der Waals surface area contributed by atoms with E-state index >= 15 is 0 Å². The van der Waals surface area contributed by atoms with Crippen LogP contribution in [0.4, 0.5) is 10.8 Å². The maximum Gasteiger partial charge on any atom is 0.289 e. The molecule has 1 aromatic carbocycles. The van der Waals surface area contributed by atoms with Gasteiger partial charge in [-0.05, 0) is 18.9 Å². The van der Waals surface area contributed by atoms with E-state index in [4.69, 9.17) is 5.73 Å². The average molecular weight is 369 g/mol. The third-order valence-corrected chi connectivity index (χ3v) is 6.65. The predicted molar refractivity (Wildman–Crippen MR) is 87.9 cm³/mol. The number of piperidine rings is 1. The van der Waals surface area contributed by atoms with E-state index in [1.807, 2.05) is 0 Å². The van der Waals surface area contributed by atoms with Crippen molar-refractivity contribution in [2.24, 2.45) is 0 Å². The summed E-state index contributed by atoms with van der Waals surface area (Å²) in [7, 11) is -4.04. The van der Waals surface area contributed by atoms with Gasteiger partial charge in [0.2, 0.25) is 5.13 Å². The van der Waals surface area contributed by atoms with Crippen molar-refractivity contribution in [3.8, 4) is 0 Å². The van der Waals surface area contributed by atoms with Gasteiger partial charge in [-0.1, -0.05) is 29.9 Å². The Morgan fingerprint density at radius 1 is 1.29 bits per heavy atom. The van der Waals surface area contributed by atoms with Crippen LogP contribution in [-0.2, 0) is 10.0 Å². The zero-order chi connectivity index (χ0) is 17.3. The van der Waals surface area contributed by atoms with E-state index in [0.717, 1.165) is 17.8 Å². The average Bonchev–Trinajstić information content (AvgIpc) is 3.01. The van der Waals surface area contributed by atoms with Gasteiger partial charge in [0.1, 0.15) is 5.01 Å². The highest BCUT2D eigenvalue weighted by molar-refractivity contribution is 7.89. The molecule has 1 fully saturated rings. The first-order chi connectivity index (χ1) is 11.4. The number of aromatic nitrogens is 2. The second-order valence-electron chi connectivity index (χ2n) is 5.33. The van der Waals surface area contributed by atoms with Gasteiger partial charge in [0.15, 0.2) is 4.90 Å². The number of anilines is 1. The number of nitrogens with two attached hydrogens (primary N) is 1. The van der Waals surface area contributed by atoms with Gasteiger partial charge in [-0.25, -0.2) is 8.42 Å². The molecular formula is C13H15N5O4S2. The van der Waals surface area contributed by atoms with Gasteiger partial charge in [-0.3, -0.25) is 10.1 Å². The molecule has 1 aromatic heterocycles. The van der Waals surface area contributed by atoms with Crippen molar-refractivity contribution in [1.82, 2.24) is 14.5 Å². The van der Waals surface area contributed by atoms with E-state index < -0.39 is 26.7 Å². The van der Waals surface area contributed by atoms with Gasteiger partial charge in [-0.15, -0.1) is 10.2 Å². The van der Waals surface area contributed by atoms with Gasteiger partial charge in [0, 0.05) is 12.6 Å². The molecule has 2 aromatic rings. The molecular weight excluding hydrogens is 354 g/mol. The first-order valence-corrected chi connectivity index (χ1v) is 9.51. The maximum atomic E-state index is 13.0. The van der Waals surface area contributed by atoms with Crippen molar-refractivity contribution in [2.75, 3.05) is 12.3 Å². The maximum absolute atomic E-state index is 13.0. The molecule has 1 atom stereocenters. The van der Waals surface area contributed by atoms with Crippen LogP contribution in [0.15, 0.2) is 29.2 Å². The Morgan fingerprint density at radius 3 is 2.71 bits per heavy atom. The molecule has 24 heavy (non-hydrogen) atoms. The van der Waals surface area contributed by atoms with Gasteiger partial charge in [0.05, 0.1) is 11.0 Å². The number of hydrogen-bond donors (Lipinski definition) is 1. The number of rotatable bonds is 4. The normalized spacial score (nSPS) is 19.2. The van der Waals surface area contributed by atoms with Crippen LogP contribution in [0.2, 0.25) is 0 Å². The number of nitrogens with zero attached hydrogens (tertiary/aromatic N) is 4. The quantitative estimate of drug-likeness (QED) is 0.643. The summed E-state index contributed by atoms with van der Waals surface area (Å²) < 4.78 is 27.4. The summed E-state index contributed by atoms with van der Waals surface area (Å²) in [5.41, 5.74) is 5.17. The summed E-state index contributed by atoms with van der Waals surface area (Å²) >= 11 is 1.14. The van der Waals surface area contributed by atoms with Crippen molar-refractivity contribution in [3.05, 3.63) is 39.4 Å². The summed E-state index contributed by atoms with van der Waals surface area (Å²) in [5.74, 6) is 0. The minimum Gasteiger partial charge on any atom is -0.374 e. The summed E-state index contributed by atoms with van der Waals surface area (Å²) in [6, 6.07) is 4.86. The Kier molecular flexibility index (Phi) is 4.47. The molecule has 1 aliphatic rings. The van der Waals surface area contributed by atoms with Crippen LogP contribution in [0.5, 0.6) is 0 Å². The molecule has 11 heteroatoms. The number of nitro benzene ring substituents is 1. The fraction of sp³-hybridized carbons (Fsp3) is 0.385. The molecule has 0 bridgehead atoms. The predicted octanol–water partition coefficient (Wildman–Crippen LogP) is 1.94. The highest BCUT2D eigenvalue weighted by Gasteiger charge is 2.39. The van der Waals surface area contributed by atoms with Crippen LogP contribution in [0.3, 0.4) is 0 Å². The molecule has 1 unspecified atom stereocenters. The van der Waals surface area contributed by atoms with E-state index in [9.17, 15) is 18.5 Å². The Bertz CT molecular complexity index is 867. The molecule has 0 radical (unpaired) electrons. The van der Waals surface area contributed by atoms with Crippen molar-refractivity contribution in [2.45, 2.75) is 30.2 Å². The van der Waals surface area contributed by atoms with E-state index in [0.29, 0.717) is 17.8 Å². The van der Waals surface area contributed by atoms with Crippen LogP contribution >= 0.6 is 11.3 Å². The Hall–Kier alpha value is -2.11. The summed E-state index contributed by atoms with van der Waals surface area (Å²) in [5, 5.41) is 19.7. The minimum absolute atomic E-state index is 0.263. The number of benzene rings is 1. The lowest BCUT2D eigenvalue weighted by molar-refractivity contribution is -0.387. The molecule has 0 saturated carbocycles. The third kappa shape index (κ3) is 2.97. The van der Waals surface area contributed by atoms with Crippen molar-refractivity contribution >= 4 is 32.2 Å². The summed E-state index contributed by atoms with van der Waals surface area (Å²) in [4.78, 5) is 10.2. The first kappa shape index (κ1) is 16.7. The smallest absolute Gasteiger partial charge is 0.289 e. The lowest BCUT2D eigenvalue weighted by Crippen LogP contribution is -2.38. The monoisotopic (exact) mass is 369 g/mol. The Morgan fingerprint density at radius 2 is 2.04 bits per heavy atom. The molecule has 3 rings (SSSR count). The molecule has 0 amide bonds. The largest absolute Gasteiger partial charge is 0.374 e. The SMILES string of the molecule is Nc1nnc(C2CCCCN2S(=O)(=O)c2ccccc2[N+](=O)[O-])s1. The van der Waals surface area contributed by atoms with Gasteiger partial charge >= 0.3 is 0 Å². The van der Waals surface area contributed by atoms with Crippen LogP contribution in [0, 0.1) is 10.1 Å². The van der Waals surface area contributed by atoms with Crippen molar-refractivity contribution in [1.29, 1.82) is 0 Å². The minimum atomic E-state index is -4.04. The standard InChI is InChI=1S/C13H15N5O4S2/c14-13-16-15-12(23-13)10-6-3-4-8-17(10)24(21,22)11-7-2-1-5-9(11)18(19)20/h1-2,5,7,10H,3-4,6,8H2,(H2,14,16). The first-order valence-electron chi connectivity index (χ1n) is 7.25. The van der Waals surface area contributed by atoms with Crippen LogP contribution in [-0.4, -0.2) is 34.4 Å². The topological polar surface area (TPSA) is 132 Å². The zero-order valence-corrected chi connectivity index (χ0v) is 14.2. The highest BCUT2D eigenvalue weighted by atomic mass is 32.2. The van der Waals surface area contributed by atoms with Gasteiger partial charge < -0.3 is 5.73 Å². The van der Waals surface area contributed by atoms with Gasteiger partial charge in [0.25, 0.3) is 15.7 Å². The molecule has 2 heterocycles. The number of hydrogen-bond acceptors (Lipinski definition) is 8. The molecule has 9 nitrogen and oxygen atoms in total. The number of sulfonamides is 1. The lowest BCUT2D eigenvalue weighted by Gasteiger charge is -2.32. The molecule has 1 saturated heterocycles. The molecule has 1 aliphatic heterocycles. The van der Waals surface area contributed by atoms with Crippen LogP contribution in [0.1, 0.15) is 30.3 Å². The zero-order valence-electron chi connectivity index (χ0n) is 12.5. The number of para-hydroxylation sites is 1. The van der Waals surface area contributed by atoms with E-state index in [1.165, 1.54) is 28.6 Å². The highest BCUT2D eigenvalue weighted by Crippen LogP contribution is 2.38. The second-order valence-corrected chi connectivity index (χ2v) is 8.23. The fourth-order valence-corrected chi connectivity index (χ4v) is 5.42. The van der Waals surface area contributed by atoms with Gasteiger partial charge in [-0.2, -0.15) is 4.31 Å². The molecule has 0 aliphatic carbocycles. The third-order valence-electron chi connectivity index (χ3n) is 3.84. The Balaban J connectivity index is 2.06. The van der Waals surface area contributed by atoms with Crippen LogP contribution in [0.25, 0.3) is 0 Å². The lowest BCUT2D eigenvalue weighted by atomic mass is 10.1. The Labute approximate surface area is 142 Å². The fourth-order valence-electron chi connectivity index (χ4n) is 2.77. The molecule has 2 N–H and O–H groups in total. The summed E-state index contributed by atoms with van der Waals surface area (Å²) in [6.07, 6.45) is 2.10. The van der Waals surface area contributed by atoms with Crippen LogP contribution < -0.4 is 5.73 Å². The van der Waals surface area contributed by atoms with Crippen molar-refractivity contribution < 1.29 is 13.3 Å². The number of nitrogen functional groups attached to an aromatic ring is 1. The van der Waals surface area contributed by atoms with E-state index in [1.54, 1.807) is 0 Å². The summed E-state index contributed by atoms with van der Waals surface area (Å²) in [6.45, 7) is 0.276. The van der Waals surface area contributed by atoms with E-state index in [2.05, 4.69) is 10.2 Å². The number of nitro groups is 1. The second kappa shape index (κ2) is 6.42. The molecule has 128 valence electrons. The molecule has 0 spiro atoms. The van der Waals surface area contributed by atoms with Crippen molar-refractivity contribution in [3.63, 3.8) is 0 Å². The van der Waals surface area contributed by atoms with E-state index in [-0.39, 0.29) is 16.6 Å².